The fourth-order valence-electron chi connectivity index (χ4n) is 1.92. The Kier molecular flexibility index (Phi) is 9.11. The van der Waals surface area contributed by atoms with Crippen LogP contribution in [0.2, 0.25) is 10.0 Å². The van der Waals surface area contributed by atoms with E-state index >= 15 is 0 Å². The average Bonchev–Trinajstić information content (AvgIpc) is 2.46. The molecule has 0 fully saturated rings. The van der Waals surface area contributed by atoms with E-state index in [-0.39, 0.29) is 5.91 Å². The number of hydrogen-bond acceptors (Lipinski definition) is 2. The molecule has 0 aliphatic carbocycles. The maximum Gasteiger partial charge on any atom is 0.240 e. The van der Waals surface area contributed by atoms with Crippen LogP contribution < -0.4 is 5.43 Å². The van der Waals surface area contributed by atoms with Crippen molar-refractivity contribution in [2.75, 3.05) is 0 Å². The number of unbranched alkanes of at least 4 members (excludes halogenated alkanes) is 5. The minimum Gasteiger partial charge on any atom is -0.273 e. The van der Waals surface area contributed by atoms with Crippen LogP contribution in [0.25, 0.3) is 0 Å². The second-order valence-electron chi connectivity index (χ2n) is 4.95. The number of rotatable bonds is 9. The van der Waals surface area contributed by atoms with Gasteiger partial charge in [-0.1, -0.05) is 68.3 Å². The lowest BCUT2D eigenvalue weighted by Gasteiger charge is -2.02. The van der Waals surface area contributed by atoms with Gasteiger partial charge in [-0.05, 0) is 18.6 Å². The normalized spacial score (nSPS) is 11.0. The number of hydrazone groups is 1. The monoisotopic (exact) mass is 328 g/mol. The molecule has 5 heteroatoms. The fraction of sp³-hybridized carbons (Fsp3) is 0.500. The van der Waals surface area contributed by atoms with Crippen LogP contribution in [0.15, 0.2) is 23.3 Å². The summed E-state index contributed by atoms with van der Waals surface area (Å²) >= 11 is 12.0. The Labute approximate surface area is 136 Å². The van der Waals surface area contributed by atoms with Crippen molar-refractivity contribution in [3.05, 3.63) is 33.8 Å². The van der Waals surface area contributed by atoms with Gasteiger partial charge < -0.3 is 0 Å². The summed E-state index contributed by atoms with van der Waals surface area (Å²) in [5.74, 6) is -0.0788. The standard InChI is InChI=1S/C16H22Cl2N2O/c1-2-3-4-5-6-7-11-16(21)20-19-12-13-14(17)9-8-10-15(13)18/h8-10,12H,2-7,11H2,1H3,(H,20,21). The first-order chi connectivity index (χ1) is 10.1. The number of halogens is 2. The Balaban J connectivity index is 2.25. The summed E-state index contributed by atoms with van der Waals surface area (Å²) in [6, 6.07) is 5.22. The first-order valence-electron chi connectivity index (χ1n) is 7.41. The zero-order chi connectivity index (χ0) is 15.5. The summed E-state index contributed by atoms with van der Waals surface area (Å²) in [6.07, 6.45) is 8.92. The second-order valence-corrected chi connectivity index (χ2v) is 5.76. The lowest BCUT2D eigenvalue weighted by atomic mass is 10.1. The van der Waals surface area contributed by atoms with Gasteiger partial charge in [-0.3, -0.25) is 4.79 Å². The third-order valence-corrected chi connectivity index (χ3v) is 3.80. The van der Waals surface area contributed by atoms with Crippen molar-refractivity contribution in [3.63, 3.8) is 0 Å². The molecule has 1 aromatic carbocycles. The summed E-state index contributed by atoms with van der Waals surface area (Å²) in [6.45, 7) is 2.19. The molecule has 0 unspecified atom stereocenters. The predicted octanol–water partition coefficient (Wildman–Crippen LogP) is 5.19. The fourth-order valence-corrected chi connectivity index (χ4v) is 2.42. The third-order valence-electron chi connectivity index (χ3n) is 3.14. The Morgan fingerprint density at radius 2 is 1.76 bits per heavy atom. The highest BCUT2D eigenvalue weighted by molar-refractivity contribution is 6.38. The quantitative estimate of drug-likeness (QED) is 0.378. The van der Waals surface area contributed by atoms with Gasteiger partial charge in [0.2, 0.25) is 5.91 Å². The van der Waals surface area contributed by atoms with Crippen LogP contribution in [-0.2, 0) is 4.79 Å². The number of benzene rings is 1. The number of carbonyl (C=O) groups is 1. The van der Waals surface area contributed by atoms with Gasteiger partial charge >= 0.3 is 0 Å². The lowest BCUT2D eigenvalue weighted by molar-refractivity contribution is -0.121. The molecule has 1 N–H and O–H groups in total. The summed E-state index contributed by atoms with van der Waals surface area (Å²) in [4.78, 5) is 11.6. The number of nitrogens with one attached hydrogen (secondary N) is 1. The SMILES string of the molecule is CCCCCCCCC(=O)NN=Cc1c(Cl)cccc1Cl. The van der Waals surface area contributed by atoms with Gasteiger partial charge in [-0.25, -0.2) is 5.43 Å². The molecule has 0 saturated heterocycles. The Morgan fingerprint density at radius 1 is 1.14 bits per heavy atom. The summed E-state index contributed by atoms with van der Waals surface area (Å²) in [7, 11) is 0. The summed E-state index contributed by atoms with van der Waals surface area (Å²) in [5.41, 5.74) is 3.11. The van der Waals surface area contributed by atoms with Gasteiger partial charge in [-0.2, -0.15) is 5.10 Å². The van der Waals surface area contributed by atoms with Crippen LogP contribution in [-0.4, -0.2) is 12.1 Å². The molecule has 3 nitrogen and oxygen atoms in total. The highest BCUT2D eigenvalue weighted by Crippen LogP contribution is 2.21. The zero-order valence-corrected chi connectivity index (χ0v) is 13.9. The van der Waals surface area contributed by atoms with E-state index in [1.807, 2.05) is 0 Å². The summed E-state index contributed by atoms with van der Waals surface area (Å²) < 4.78 is 0. The molecular weight excluding hydrogens is 307 g/mol. The highest BCUT2D eigenvalue weighted by Gasteiger charge is 2.03. The molecule has 0 atom stereocenters. The van der Waals surface area contributed by atoms with Gasteiger partial charge in [0.1, 0.15) is 0 Å². The van der Waals surface area contributed by atoms with E-state index < -0.39 is 0 Å². The second kappa shape index (κ2) is 10.6. The molecule has 0 aliphatic heterocycles. The van der Waals surface area contributed by atoms with Crippen molar-refractivity contribution >= 4 is 35.3 Å². The molecule has 0 spiro atoms. The van der Waals surface area contributed by atoms with Gasteiger partial charge in [0.25, 0.3) is 0 Å². The van der Waals surface area contributed by atoms with Crippen LogP contribution in [0.5, 0.6) is 0 Å². The molecule has 0 aliphatic rings. The van der Waals surface area contributed by atoms with E-state index in [0.717, 1.165) is 12.8 Å². The van der Waals surface area contributed by atoms with E-state index in [1.165, 1.54) is 31.9 Å². The van der Waals surface area contributed by atoms with Crippen molar-refractivity contribution in [3.8, 4) is 0 Å². The van der Waals surface area contributed by atoms with Crippen LogP contribution in [0, 0.1) is 0 Å². The van der Waals surface area contributed by atoms with Crippen LogP contribution >= 0.6 is 23.2 Å². The minimum absolute atomic E-state index is 0.0788. The Hall–Kier alpha value is -1.06. The zero-order valence-electron chi connectivity index (χ0n) is 12.4. The number of carbonyl (C=O) groups excluding carboxylic acids is 1. The van der Waals surface area contributed by atoms with Crippen molar-refractivity contribution < 1.29 is 4.79 Å². The number of nitrogens with zero attached hydrogens (tertiary/aromatic N) is 1. The topological polar surface area (TPSA) is 41.5 Å². The number of amides is 1. The maximum atomic E-state index is 11.6. The average molecular weight is 329 g/mol. The number of hydrogen-bond donors (Lipinski definition) is 1. The molecule has 0 saturated carbocycles. The first kappa shape index (κ1) is 18.0. The molecule has 0 radical (unpaired) electrons. The van der Waals surface area contributed by atoms with Crippen molar-refractivity contribution in [1.82, 2.24) is 5.43 Å². The van der Waals surface area contributed by atoms with Crippen LogP contribution in [0.4, 0.5) is 0 Å². The lowest BCUT2D eigenvalue weighted by Crippen LogP contribution is -2.16. The third kappa shape index (κ3) is 7.49. The van der Waals surface area contributed by atoms with E-state index in [1.54, 1.807) is 18.2 Å². The van der Waals surface area contributed by atoms with E-state index in [0.29, 0.717) is 22.0 Å². The van der Waals surface area contributed by atoms with Crippen molar-refractivity contribution in [1.29, 1.82) is 0 Å². The molecule has 1 rings (SSSR count). The van der Waals surface area contributed by atoms with E-state index in [9.17, 15) is 4.79 Å². The van der Waals surface area contributed by atoms with E-state index in [2.05, 4.69) is 17.5 Å². The van der Waals surface area contributed by atoms with Crippen LogP contribution in [0.1, 0.15) is 57.4 Å². The molecule has 116 valence electrons. The molecule has 1 aromatic rings. The van der Waals surface area contributed by atoms with Gasteiger partial charge in [-0.15, -0.1) is 0 Å². The smallest absolute Gasteiger partial charge is 0.240 e. The molecule has 0 aromatic heterocycles. The largest absolute Gasteiger partial charge is 0.273 e. The van der Waals surface area contributed by atoms with Crippen LogP contribution in [0.3, 0.4) is 0 Å². The Bertz CT molecular complexity index is 455. The van der Waals surface area contributed by atoms with Gasteiger partial charge in [0.05, 0.1) is 16.3 Å². The predicted molar refractivity (Wildman–Crippen MR) is 90.2 cm³/mol. The molecule has 21 heavy (non-hydrogen) atoms. The molecule has 0 heterocycles. The minimum atomic E-state index is -0.0788. The Morgan fingerprint density at radius 3 is 2.43 bits per heavy atom. The van der Waals surface area contributed by atoms with Gasteiger partial charge in [0.15, 0.2) is 0 Å². The summed E-state index contributed by atoms with van der Waals surface area (Å²) in [5, 5.41) is 4.92. The first-order valence-corrected chi connectivity index (χ1v) is 8.16. The highest BCUT2D eigenvalue weighted by atomic mass is 35.5. The molecular formula is C16H22Cl2N2O. The maximum absolute atomic E-state index is 11.6. The van der Waals surface area contributed by atoms with E-state index in [4.69, 9.17) is 23.2 Å². The van der Waals surface area contributed by atoms with Crippen molar-refractivity contribution in [2.24, 2.45) is 5.10 Å². The molecule has 0 bridgehead atoms. The van der Waals surface area contributed by atoms with Crippen molar-refractivity contribution in [2.45, 2.75) is 51.9 Å². The van der Waals surface area contributed by atoms with Gasteiger partial charge in [0, 0.05) is 12.0 Å². The molecule has 1 amide bonds.